The molecule has 0 fully saturated rings. The first-order valence-electron chi connectivity index (χ1n) is 6.21. The van der Waals surface area contributed by atoms with E-state index < -0.39 is 0 Å². The summed E-state index contributed by atoms with van der Waals surface area (Å²) in [6.07, 6.45) is 5.52. The average Bonchev–Trinajstić information content (AvgIpc) is 3.17. The van der Waals surface area contributed by atoms with Crippen LogP contribution in [0.1, 0.15) is 0 Å². The first-order chi connectivity index (χ1) is 9.83. The molecule has 0 aliphatic carbocycles. The lowest BCUT2D eigenvalue weighted by atomic mass is 10.2. The van der Waals surface area contributed by atoms with Gasteiger partial charge in [-0.05, 0) is 24.3 Å². The van der Waals surface area contributed by atoms with E-state index >= 15 is 0 Å². The zero-order chi connectivity index (χ0) is 13.5. The highest BCUT2D eigenvalue weighted by Gasteiger charge is 2.15. The van der Waals surface area contributed by atoms with Gasteiger partial charge >= 0.3 is 0 Å². The summed E-state index contributed by atoms with van der Waals surface area (Å²) in [6.45, 7) is 0. The van der Waals surface area contributed by atoms with Crippen LogP contribution in [-0.2, 0) is 7.05 Å². The Kier molecular flexibility index (Phi) is 2.23. The fraction of sp³-hybridized carbons (Fsp3) is 0.0714. The van der Waals surface area contributed by atoms with Crippen LogP contribution in [0.15, 0.2) is 47.4 Å². The van der Waals surface area contributed by atoms with Crippen molar-refractivity contribution in [1.29, 1.82) is 0 Å². The summed E-state index contributed by atoms with van der Waals surface area (Å²) in [4.78, 5) is 11.8. The lowest BCUT2D eigenvalue weighted by Crippen LogP contribution is -1.89. The molecular formula is C14H11N5O. The van der Waals surface area contributed by atoms with Gasteiger partial charge < -0.3 is 14.1 Å². The van der Waals surface area contributed by atoms with E-state index in [1.807, 2.05) is 48.3 Å². The largest absolute Gasteiger partial charge is 0.347 e. The molecule has 4 rings (SSSR count). The second-order valence-electron chi connectivity index (χ2n) is 4.53. The van der Waals surface area contributed by atoms with Crippen molar-refractivity contribution in [3.05, 3.63) is 42.9 Å². The molecule has 1 N–H and O–H groups in total. The molecule has 98 valence electrons. The van der Waals surface area contributed by atoms with Gasteiger partial charge in [0.05, 0.1) is 0 Å². The van der Waals surface area contributed by atoms with Crippen molar-refractivity contribution < 1.29 is 4.52 Å². The number of nitrogens with zero attached hydrogens (tertiary/aromatic N) is 4. The summed E-state index contributed by atoms with van der Waals surface area (Å²) < 4.78 is 7.30. The first kappa shape index (κ1) is 11.0. The second kappa shape index (κ2) is 4.06. The molecule has 4 aromatic rings. The highest BCUT2D eigenvalue weighted by atomic mass is 16.5. The SMILES string of the molecule is Cn1cccc1-c1nc(-c2ccnc3[nH]ccc23)no1. The lowest BCUT2D eigenvalue weighted by Gasteiger charge is -1.96. The van der Waals surface area contributed by atoms with Gasteiger partial charge in [-0.1, -0.05) is 5.16 Å². The number of aromatic amines is 1. The van der Waals surface area contributed by atoms with E-state index in [4.69, 9.17) is 4.52 Å². The molecule has 0 saturated carbocycles. The third-order valence-corrected chi connectivity index (χ3v) is 3.29. The van der Waals surface area contributed by atoms with Crippen LogP contribution in [0.25, 0.3) is 34.0 Å². The van der Waals surface area contributed by atoms with Gasteiger partial charge in [-0.25, -0.2) is 4.98 Å². The van der Waals surface area contributed by atoms with Crippen molar-refractivity contribution in [3.63, 3.8) is 0 Å². The topological polar surface area (TPSA) is 72.5 Å². The summed E-state index contributed by atoms with van der Waals surface area (Å²) >= 11 is 0. The maximum absolute atomic E-state index is 5.36. The van der Waals surface area contributed by atoms with E-state index in [2.05, 4.69) is 20.1 Å². The monoisotopic (exact) mass is 265 g/mol. The van der Waals surface area contributed by atoms with Crippen molar-refractivity contribution in [2.75, 3.05) is 0 Å². The van der Waals surface area contributed by atoms with Crippen LogP contribution in [0.5, 0.6) is 0 Å². The highest BCUT2D eigenvalue weighted by molar-refractivity contribution is 5.90. The molecule has 0 aromatic carbocycles. The Labute approximate surface area is 114 Å². The van der Waals surface area contributed by atoms with Crippen LogP contribution in [0.2, 0.25) is 0 Å². The van der Waals surface area contributed by atoms with Gasteiger partial charge in [0.15, 0.2) is 0 Å². The normalized spacial score (nSPS) is 11.2. The van der Waals surface area contributed by atoms with E-state index in [1.54, 1.807) is 6.20 Å². The van der Waals surface area contributed by atoms with Crippen molar-refractivity contribution in [1.82, 2.24) is 24.7 Å². The molecule has 0 radical (unpaired) electrons. The Hall–Kier alpha value is -2.89. The number of fused-ring (bicyclic) bond motifs is 1. The predicted molar refractivity (Wildman–Crippen MR) is 73.8 cm³/mol. The zero-order valence-electron chi connectivity index (χ0n) is 10.7. The van der Waals surface area contributed by atoms with Crippen LogP contribution >= 0.6 is 0 Å². The standard InChI is InChI=1S/C14H11N5O/c1-19-8-2-3-11(19)14-17-13(18-20-14)10-5-7-16-12-9(10)4-6-15-12/h2-8H,1H3,(H,15,16). The minimum absolute atomic E-state index is 0.507. The molecule has 6 nitrogen and oxygen atoms in total. The summed E-state index contributed by atoms with van der Waals surface area (Å²) in [5.41, 5.74) is 2.61. The maximum Gasteiger partial charge on any atom is 0.274 e. The van der Waals surface area contributed by atoms with Gasteiger partial charge in [0.25, 0.3) is 5.89 Å². The minimum Gasteiger partial charge on any atom is -0.347 e. The van der Waals surface area contributed by atoms with Crippen LogP contribution in [-0.4, -0.2) is 24.7 Å². The smallest absolute Gasteiger partial charge is 0.274 e. The van der Waals surface area contributed by atoms with Gasteiger partial charge in [0.2, 0.25) is 5.82 Å². The van der Waals surface area contributed by atoms with E-state index in [0.717, 1.165) is 22.3 Å². The molecule has 4 heterocycles. The van der Waals surface area contributed by atoms with Crippen molar-refractivity contribution in [2.24, 2.45) is 7.05 Å². The zero-order valence-corrected chi connectivity index (χ0v) is 10.7. The van der Waals surface area contributed by atoms with E-state index in [1.165, 1.54) is 0 Å². The highest BCUT2D eigenvalue weighted by Crippen LogP contribution is 2.26. The quantitative estimate of drug-likeness (QED) is 0.604. The number of hydrogen-bond acceptors (Lipinski definition) is 4. The Balaban J connectivity index is 1.86. The number of aryl methyl sites for hydroxylation is 1. The number of aromatic nitrogens is 5. The van der Waals surface area contributed by atoms with E-state index in [9.17, 15) is 0 Å². The fourth-order valence-corrected chi connectivity index (χ4v) is 2.28. The Bertz CT molecular complexity index is 886. The Morgan fingerprint density at radius 2 is 2.20 bits per heavy atom. The predicted octanol–water partition coefficient (Wildman–Crippen LogP) is 2.62. The third-order valence-electron chi connectivity index (χ3n) is 3.29. The second-order valence-corrected chi connectivity index (χ2v) is 4.53. The van der Waals surface area contributed by atoms with Gasteiger partial charge in [-0.2, -0.15) is 4.98 Å². The third kappa shape index (κ3) is 1.55. The molecule has 20 heavy (non-hydrogen) atoms. The number of rotatable bonds is 2. The van der Waals surface area contributed by atoms with Gasteiger partial charge in [-0.3, -0.25) is 0 Å². The van der Waals surface area contributed by atoms with E-state index in [0.29, 0.717) is 11.7 Å². The van der Waals surface area contributed by atoms with Crippen molar-refractivity contribution in [3.8, 4) is 23.0 Å². The molecule has 4 aromatic heterocycles. The molecule has 0 bridgehead atoms. The van der Waals surface area contributed by atoms with Gasteiger partial charge in [-0.15, -0.1) is 0 Å². The molecule has 0 spiro atoms. The number of nitrogens with one attached hydrogen (secondary N) is 1. The summed E-state index contributed by atoms with van der Waals surface area (Å²) in [6, 6.07) is 7.72. The van der Waals surface area contributed by atoms with Gasteiger partial charge in [0, 0.05) is 36.6 Å². The molecular weight excluding hydrogens is 254 g/mol. The molecule has 6 heteroatoms. The molecule has 0 saturated heterocycles. The summed E-state index contributed by atoms with van der Waals surface area (Å²) in [5.74, 6) is 1.07. The van der Waals surface area contributed by atoms with E-state index in [-0.39, 0.29) is 0 Å². The van der Waals surface area contributed by atoms with Crippen molar-refractivity contribution in [2.45, 2.75) is 0 Å². The summed E-state index contributed by atoms with van der Waals surface area (Å²) in [7, 11) is 1.94. The number of hydrogen-bond donors (Lipinski definition) is 1. The maximum atomic E-state index is 5.36. The van der Waals surface area contributed by atoms with Crippen LogP contribution in [0.3, 0.4) is 0 Å². The molecule has 0 unspecified atom stereocenters. The lowest BCUT2D eigenvalue weighted by molar-refractivity contribution is 0.429. The van der Waals surface area contributed by atoms with Crippen LogP contribution < -0.4 is 0 Å². The number of H-pyrrole nitrogens is 1. The Morgan fingerprint density at radius 3 is 3.05 bits per heavy atom. The molecule has 0 atom stereocenters. The first-order valence-corrected chi connectivity index (χ1v) is 6.21. The molecule has 0 aliphatic rings. The minimum atomic E-state index is 0.507. The summed E-state index contributed by atoms with van der Waals surface area (Å²) in [5, 5.41) is 5.05. The average molecular weight is 265 g/mol. The Morgan fingerprint density at radius 1 is 1.25 bits per heavy atom. The van der Waals surface area contributed by atoms with Crippen LogP contribution in [0.4, 0.5) is 0 Å². The fourth-order valence-electron chi connectivity index (χ4n) is 2.28. The van der Waals surface area contributed by atoms with Gasteiger partial charge in [0.1, 0.15) is 11.3 Å². The molecule has 0 aliphatic heterocycles. The van der Waals surface area contributed by atoms with Crippen LogP contribution in [0, 0.1) is 0 Å². The van der Waals surface area contributed by atoms with Crippen molar-refractivity contribution >= 4 is 11.0 Å². The number of pyridine rings is 1. The molecule has 0 amide bonds.